The quantitative estimate of drug-likeness (QED) is 0.704. The van der Waals surface area contributed by atoms with Crippen LogP contribution in [0.3, 0.4) is 0 Å². The summed E-state index contributed by atoms with van der Waals surface area (Å²) in [5.74, 6) is 0.0590. The van der Waals surface area contributed by atoms with Crippen LogP contribution in [0.15, 0.2) is 18.2 Å². The van der Waals surface area contributed by atoms with E-state index in [0.717, 1.165) is 11.3 Å². The smallest absolute Gasteiger partial charge is 0.231 e. The molecule has 2 rings (SSSR count). The average molecular weight is 207 g/mol. The molecular weight excluding hydrogens is 198 g/mol. The van der Waals surface area contributed by atoms with Gasteiger partial charge in [-0.3, -0.25) is 9.59 Å². The Bertz CT molecular complexity index is 428. The first-order chi connectivity index (χ1) is 6.59. The first kappa shape index (κ1) is 9.27. The zero-order valence-electron chi connectivity index (χ0n) is 7.65. The van der Waals surface area contributed by atoms with E-state index in [4.69, 9.17) is 0 Å². The molecule has 3 nitrogen and oxygen atoms in total. The summed E-state index contributed by atoms with van der Waals surface area (Å²) in [6, 6.07) is 5.19. The normalized spacial score (nSPS) is 14.4. The van der Waals surface area contributed by atoms with Gasteiger partial charge in [0.2, 0.25) is 11.0 Å². The maximum Gasteiger partial charge on any atom is 0.231 e. The fourth-order valence-corrected chi connectivity index (χ4v) is 1.74. The van der Waals surface area contributed by atoms with Crippen molar-refractivity contribution in [3.63, 3.8) is 0 Å². The monoisotopic (exact) mass is 207 g/mol. The number of likely N-dealkylation sites (N-methyl/N-ethyl adjacent to an activating group) is 1. The predicted molar refractivity (Wildman–Crippen MR) is 56.9 cm³/mol. The highest BCUT2D eigenvalue weighted by atomic mass is 32.1. The summed E-state index contributed by atoms with van der Waals surface area (Å²) in [7, 11) is 1.73. The molecule has 0 saturated carbocycles. The SMILES string of the molecule is CN1C(=O)Cc2cc(C(=O)S)ccc21. The summed E-state index contributed by atoms with van der Waals surface area (Å²) in [6.45, 7) is 0. The Morgan fingerprint density at radius 2 is 2.21 bits per heavy atom. The third-order valence-electron chi connectivity index (χ3n) is 2.40. The lowest BCUT2D eigenvalue weighted by Crippen LogP contribution is -2.20. The highest BCUT2D eigenvalue weighted by molar-refractivity contribution is 7.97. The van der Waals surface area contributed by atoms with Crippen molar-refractivity contribution in [2.45, 2.75) is 6.42 Å². The van der Waals surface area contributed by atoms with E-state index >= 15 is 0 Å². The van der Waals surface area contributed by atoms with Crippen molar-refractivity contribution in [2.75, 3.05) is 11.9 Å². The second-order valence-corrected chi connectivity index (χ2v) is 3.68. The first-order valence-electron chi connectivity index (χ1n) is 4.22. The highest BCUT2D eigenvalue weighted by Gasteiger charge is 2.24. The number of carbonyl (C=O) groups is 2. The van der Waals surface area contributed by atoms with Crippen LogP contribution in [0.5, 0.6) is 0 Å². The maximum atomic E-state index is 11.3. The molecule has 1 aliphatic heterocycles. The van der Waals surface area contributed by atoms with Gasteiger partial charge in [0.15, 0.2) is 0 Å². The Morgan fingerprint density at radius 3 is 2.86 bits per heavy atom. The van der Waals surface area contributed by atoms with E-state index in [-0.39, 0.29) is 11.0 Å². The molecule has 0 N–H and O–H groups in total. The number of anilines is 1. The molecule has 14 heavy (non-hydrogen) atoms. The van der Waals surface area contributed by atoms with E-state index in [1.165, 1.54) is 0 Å². The van der Waals surface area contributed by atoms with Gasteiger partial charge in [-0.15, -0.1) is 12.6 Å². The number of hydrogen-bond donors (Lipinski definition) is 1. The van der Waals surface area contributed by atoms with Gasteiger partial charge in [-0.25, -0.2) is 0 Å². The number of hydrogen-bond acceptors (Lipinski definition) is 2. The Morgan fingerprint density at radius 1 is 1.50 bits per heavy atom. The molecule has 0 fully saturated rings. The molecule has 1 aromatic carbocycles. The van der Waals surface area contributed by atoms with Crippen LogP contribution in [-0.4, -0.2) is 18.1 Å². The molecule has 1 heterocycles. The number of amides is 1. The van der Waals surface area contributed by atoms with Crippen molar-refractivity contribution in [3.8, 4) is 0 Å². The van der Waals surface area contributed by atoms with Crippen LogP contribution >= 0.6 is 12.6 Å². The molecule has 0 radical (unpaired) electrons. The van der Waals surface area contributed by atoms with Gasteiger partial charge in [-0.05, 0) is 23.8 Å². The summed E-state index contributed by atoms with van der Waals surface area (Å²) in [4.78, 5) is 23.9. The van der Waals surface area contributed by atoms with Crippen molar-refractivity contribution in [1.82, 2.24) is 0 Å². The van der Waals surface area contributed by atoms with Crippen molar-refractivity contribution < 1.29 is 9.59 Å². The number of fused-ring (bicyclic) bond motifs is 1. The van der Waals surface area contributed by atoms with E-state index in [0.29, 0.717) is 12.0 Å². The van der Waals surface area contributed by atoms with Gasteiger partial charge in [0, 0.05) is 18.3 Å². The Labute approximate surface area is 87.1 Å². The lowest BCUT2D eigenvalue weighted by molar-refractivity contribution is -0.117. The maximum absolute atomic E-state index is 11.3. The predicted octanol–water partition coefficient (Wildman–Crippen LogP) is 1.28. The Hall–Kier alpha value is -1.29. The number of carbonyl (C=O) groups excluding carboxylic acids is 2. The third kappa shape index (κ3) is 1.32. The number of benzene rings is 1. The van der Waals surface area contributed by atoms with Gasteiger partial charge >= 0.3 is 0 Å². The summed E-state index contributed by atoms with van der Waals surface area (Å²) >= 11 is 3.74. The van der Waals surface area contributed by atoms with Gasteiger partial charge in [-0.1, -0.05) is 0 Å². The minimum absolute atomic E-state index is 0.0590. The molecular formula is C10H9NO2S. The van der Waals surface area contributed by atoms with Gasteiger partial charge in [0.25, 0.3) is 0 Å². The fourth-order valence-electron chi connectivity index (χ4n) is 1.60. The van der Waals surface area contributed by atoms with Gasteiger partial charge in [0.05, 0.1) is 6.42 Å². The van der Waals surface area contributed by atoms with Gasteiger partial charge < -0.3 is 4.90 Å². The van der Waals surface area contributed by atoms with E-state index in [1.807, 2.05) is 0 Å². The summed E-state index contributed by atoms with van der Waals surface area (Å²) in [5, 5.41) is -0.269. The van der Waals surface area contributed by atoms with Crippen molar-refractivity contribution in [2.24, 2.45) is 0 Å². The summed E-state index contributed by atoms with van der Waals surface area (Å²) in [6.07, 6.45) is 0.376. The van der Waals surface area contributed by atoms with Crippen LogP contribution in [0.4, 0.5) is 5.69 Å². The molecule has 0 saturated heterocycles. The lowest BCUT2D eigenvalue weighted by atomic mass is 10.1. The number of thiol groups is 1. The molecule has 0 spiro atoms. The lowest BCUT2D eigenvalue weighted by Gasteiger charge is -2.09. The zero-order valence-corrected chi connectivity index (χ0v) is 8.54. The second kappa shape index (κ2) is 3.13. The zero-order chi connectivity index (χ0) is 10.3. The number of rotatable bonds is 1. The standard InChI is InChI=1S/C10H9NO2S/c1-11-8-3-2-6(10(13)14)4-7(8)5-9(11)12/h2-4H,5H2,1H3,(H,13,14). The van der Waals surface area contributed by atoms with Crippen molar-refractivity contribution >= 4 is 29.3 Å². The van der Waals surface area contributed by atoms with Crippen LogP contribution in [0, 0.1) is 0 Å². The molecule has 0 bridgehead atoms. The number of nitrogens with zero attached hydrogens (tertiary/aromatic N) is 1. The molecule has 0 aliphatic carbocycles. The van der Waals surface area contributed by atoms with E-state index in [1.54, 1.807) is 30.1 Å². The Balaban J connectivity index is 2.49. The molecule has 72 valence electrons. The highest BCUT2D eigenvalue weighted by Crippen LogP contribution is 2.28. The fraction of sp³-hybridized carbons (Fsp3) is 0.200. The van der Waals surface area contributed by atoms with Crippen LogP contribution in [0.25, 0.3) is 0 Å². The van der Waals surface area contributed by atoms with E-state index in [2.05, 4.69) is 12.6 Å². The van der Waals surface area contributed by atoms with Crippen molar-refractivity contribution in [3.05, 3.63) is 29.3 Å². The van der Waals surface area contributed by atoms with Crippen LogP contribution in [0.2, 0.25) is 0 Å². The van der Waals surface area contributed by atoms with Crippen LogP contribution in [0.1, 0.15) is 15.9 Å². The molecule has 4 heteroatoms. The van der Waals surface area contributed by atoms with E-state index < -0.39 is 0 Å². The third-order valence-corrected chi connectivity index (χ3v) is 2.66. The molecule has 1 amide bonds. The minimum Gasteiger partial charge on any atom is -0.315 e. The minimum atomic E-state index is -0.269. The average Bonchev–Trinajstić information content (AvgIpc) is 2.42. The molecule has 1 aromatic rings. The summed E-state index contributed by atoms with van der Waals surface area (Å²) in [5.41, 5.74) is 2.32. The van der Waals surface area contributed by atoms with Crippen LogP contribution < -0.4 is 4.90 Å². The largest absolute Gasteiger partial charge is 0.315 e. The van der Waals surface area contributed by atoms with Gasteiger partial charge in [-0.2, -0.15) is 0 Å². The Kier molecular flexibility index (Phi) is 2.07. The molecule has 1 aliphatic rings. The van der Waals surface area contributed by atoms with E-state index in [9.17, 15) is 9.59 Å². The summed E-state index contributed by atoms with van der Waals surface area (Å²) < 4.78 is 0. The van der Waals surface area contributed by atoms with Crippen LogP contribution in [-0.2, 0) is 11.2 Å². The van der Waals surface area contributed by atoms with Gasteiger partial charge in [0.1, 0.15) is 0 Å². The second-order valence-electron chi connectivity index (χ2n) is 3.28. The topological polar surface area (TPSA) is 37.4 Å². The first-order valence-corrected chi connectivity index (χ1v) is 4.67. The molecule has 0 atom stereocenters. The van der Waals surface area contributed by atoms with Crippen molar-refractivity contribution in [1.29, 1.82) is 0 Å². The molecule has 0 aromatic heterocycles. The molecule has 0 unspecified atom stereocenters.